The van der Waals surface area contributed by atoms with Crippen LogP contribution in [0.4, 0.5) is 5.88 Å². The molecule has 24 heavy (non-hydrogen) atoms. The number of esters is 1. The first-order valence-electron chi connectivity index (χ1n) is 6.78. The summed E-state index contributed by atoms with van der Waals surface area (Å²) in [6.07, 6.45) is -0.158. The predicted molar refractivity (Wildman–Crippen MR) is 83.7 cm³/mol. The fraction of sp³-hybridized carbons (Fsp3) is 0.200. The average Bonchev–Trinajstić information content (AvgIpc) is 3.05. The Hall–Kier alpha value is -2.87. The van der Waals surface area contributed by atoms with Crippen molar-refractivity contribution in [2.45, 2.75) is 12.5 Å². The van der Waals surface area contributed by atoms with Gasteiger partial charge in [-0.25, -0.2) is 0 Å². The van der Waals surface area contributed by atoms with E-state index in [0.29, 0.717) is 10.6 Å². The third-order valence-electron chi connectivity index (χ3n) is 3.18. The molecule has 1 aromatic carbocycles. The largest absolute Gasteiger partial charge is 0.469 e. The minimum absolute atomic E-state index is 0.158. The molecule has 2 aromatic rings. The Morgan fingerprint density at radius 3 is 2.62 bits per heavy atom. The number of ether oxygens (including phenoxy) is 1. The lowest BCUT2D eigenvalue weighted by atomic mass is 10.0. The first-order chi connectivity index (χ1) is 11.4. The molecule has 126 valence electrons. The van der Waals surface area contributed by atoms with Gasteiger partial charge in [0, 0.05) is 5.02 Å². The SMILES string of the molecule is COC(=O)CC(NC(=O)c1ccc([N+](=O)[O-])o1)c1ccccc1Cl. The highest BCUT2D eigenvalue weighted by atomic mass is 35.5. The zero-order valence-electron chi connectivity index (χ0n) is 12.5. The van der Waals surface area contributed by atoms with Crippen molar-refractivity contribution >= 4 is 29.4 Å². The van der Waals surface area contributed by atoms with Gasteiger partial charge in [-0.2, -0.15) is 0 Å². The number of nitro groups is 1. The van der Waals surface area contributed by atoms with E-state index < -0.39 is 28.7 Å². The van der Waals surface area contributed by atoms with Gasteiger partial charge in [0.05, 0.1) is 25.6 Å². The number of hydrogen-bond acceptors (Lipinski definition) is 6. The van der Waals surface area contributed by atoms with Crippen molar-refractivity contribution in [2.24, 2.45) is 0 Å². The van der Waals surface area contributed by atoms with Gasteiger partial charge in [0.25, 0.3) is 5.91 Å². The average molecular weight is 353 g/mol. The van der Waals surface area contributed by atoms with Crippen molar-refractivity contribution in [1.82, 2.24) is 5.32 Å². The van der Waals surface area contributed by atoms with Crippen molar-refractivity contribution < 1.29 is 23.7 Å². The van der Waals surface area contributed by atoms with Gasteiger partial charge in [-0.3, -0.25) is 19.7 Å². The topological polar surface area (TPSA) is 112 Å². The molecule has 1 amide bonds. The van der Waals surface area contributed by atoms with Crippen molar-refractivity contribution in [1.29, 1.82) is 0 Å². The van der Waals surface area contributed by atoms with Gasteiger partial charge in [-0.05, 0) is 17.7 Å². The number of furan rings is 1. The van der Waals surface area contributed by atoms with Crippen LogP contribution in [0.5, 0.6) is 0 Å². The molecule has 0 saturated heterocycles. The van der Waals surface area contributed by atoms with Crippen LogP contribution in [0.2, 0.25) is 5.02 Å². The van der Waals surface area contributed by atoms with E-state index >= 15 is 0 Å². The van der Waals surface area contributed by atoms with E-state index in [-0.39, 0.29) is 12.2 Å². The molecule has 1 unspecified atom stereocenters. The van der Waals surface area contributed by atoms with Crippen LogP contribution in [0.1, 0.15) is 28.6 Å². The number of carbonyl (C=O) groups excluding carboxylic acids is 2. The standard InChI is InChI=1S/C15H13ClN2O6/c1-23-14(19)8-11(9-4-2-3-5-10(9)16)17-15(20)12-6-7-13(24-12)18(21)22/h2-7,11H,8H2,1H3,(H,17,20). The molecule has 0 saturated carbocycles. The summed E-state index contributed by atoms with van der Waals surface area (Å²) in [5, 5.41) is 13.5. The first kappa shape index (κ1) is 17.5. The first-order valence-corrected chi connectivity index (χ1v) is 7.16. The van der Waals surface area contributed by atoms with Gasteiger partial charge in [-0.15, -0.1) is 0 Å². The number of carbonyl (C=O) groups is 2. The highest BCUT2D eigenvalue weighted by Gasteiger charge is 2.24. The van der Waals surface area contributed by atoms with Crippen molar-refractivity contribution in [3.05, 3.63) is 62.9 Å². The Morgan fingerprint density at radius 2 is 2.04 bits per heavy atom. The predicted octanol–water partition coefficient (Wildman–Crippen LogP) is 2.88. The molecule has 1 heterocycles. The van der Waals surface area contributed by atoms with Gasteiger partial charge in [0.15, 0.2) is 5.76 Å². The van der Waals surface area contributed by atoms with Crippen LogP contribution in [-0.2, 0) is 9.53 Å². The third kappa shape index (κ3) is 4.11. The molecule has 0 aliphatic heterocycles. The lowest BCUT2D eigenvalue weighted by Gasteiger charge is -2.18. The van der Waals surface area contributed by atoms with Crippen LogP contribution < -0.4 is 5.32 Å². The number of benzene rings is 1. The molecule has 2 rings (SSSR count). The Balaban J connectivity index is 2.24. The maximum Gasteiger partial charge on any atom is 0.433 e. The van der Waals surface area contributed by atoms with E-state index in [1.54, 1.807) is 24.3 Å². The molecule has 8 nitrogen and oxygen atoms in total. The second-order valence-corrected chi connectivity index (χ2v) is 5.13. The second-order valence-electron chi connectivity index (χ2n) is 4.72. The van der Waals surface area contributed by atoms with Gasteiger partial charge >= 0.3 is 11.9 Å². The van der Waals surface area contributed by atoms with E-state index in [1.165, 1.54) is 13.2 Å². The summed E-state index contributed by atoms with van der Waals surface area (Å²) in [6.45, 7) is 0. The molecule has 0 bridgehead atoms. The lowest BCUT2D eigenvalue weighted by Crippen LogP contribution is -2.30. The van der Waals surface area contributed by atoms with Gasteiger partial charge in [-0.1, -0.05) is 29.8 Å². The minimum Gasteiger partial charge on any atom is -0.469 e. The molecule has 1 N–H and O–H groups in total. The highest BCUT2D eigenvalue weighted by Crippen LogP contribution is 2.26. The van der Waals surface area contributed by atoms with E-state index in [2.05, 4.69) is 10.1 Å². The van der Waals surface area contributed by atoms with Gasteiger partial charge < -0.3 is 14.5 Å². The van der Waals surface area contributed by atoms with Crippen molar-refractivity contribution in [3.63, 3.8) is 0 Å². The second kappa shape index (κ2) is 7.60. The molecule has 1 atom stereocenters. The number of hydrogen-bond donors (Lipinski definition) is 1. The molecule has 0 aliphatic carbocycles. The number of amides is 1. The summed E-state index contributed by atoms with van der Waals surface area (Å²) in [6, 6.07) is 8.15. The summed E-state index contributed by atoms with van der Waals surface area (Å²) in [7, 11) is 1.23. The normalized spacial score (nSPS) is 11.6. The molecule has 0 radical (unpaired) electrons. The fourth-order valence-corrected chi connectivity index (χ4v) is 2.29. The zero-order chi connectivity index (χ0) is 17.7. The molecule has 0 aliphatic rings. The van der Waals surface area contributed by atoms with Crippen LogP contribution in [0, 0.1) is 10.1 Å². The van der Waals surface area contributed by atoms with Gasteiger partial charge in [0.2, 0.25) is 0 Å². The third-order valence-corrected chi connectivity index (χ3v) is 3.52. The van der Waals surface area contributed by atoms with Crippen LogP contribution >= 0.6 is 11.6 Å². The van der Waals surface area contributed by atoms with Crippen LogP contribution in [0.3, 0.4) is 0 Å². The van der Waals surface area contributed by atoms with E-state index in [1.807, 2.05) is 0 Å². The van der Waals surface area contributed by atoms with Gasteiger partial charge in [0.1, 0.15) is 4.92 Å². The maximum absolute atomic E-state index is 12.2. The van der Waals surface area contributed by atoms with Crippen molar-refractivity contribution in [3.8, 4) is 0 Å². The number of rotatable bonds is 6. The Labute approximate surface area is 141 Å². The highest BCUT2D eigenvalue weighted by molar-refractivity contribution is 6.31. The monoisotopic (exact) mass is 352 g/mol. The maximum atomic E-state index is 12.2. The summed E-state index contributed by atoms with van der Waals surface area (Å²) >= 11 is 6.10. The smallest absolute Gasteiger partial charge is 0.433 e. The van der Waals surface area contributed by atoms with E-state index in [0.717, 1.165) is 6.07 Å². The summed E-state index contributed by atoms with van der Waals surface area (Å²) in [5.74, 6) is -2.06. The van der Waals surface area contributed by atoms with Crippen LogP contribution in [-0.4, -0.2) is 23.9 Å². The lowest BCUT2D eigenvalue weighted by molar-refractivity contribution is -0.402. The quantitative estimate of drug-likeness (QED) is 0.486. The minimum atomic E-state index is -0.775. The van der Waals surface area contributed by atoms with Crippen molar-refractivity contribution in [2.75, 3.05) is 7.11 Å². The summed E-state index contributed by atoms with van der Waals surface area (Å²) in [5.41, 5.74) is 0.513. The number of nitrogens with one attached hydrogen (secondary N) is 1. The Bertz CT molecular complexity index is 773. The molecular weight excluding hydrogens is 340 g/mol. The number of nitrogens with zero attached hydrogens (tertiary/aromatic N) is 1. The molecular formula is C15H13ClN2O6. The number of methoxy groups -OCH3 is 1. The Morgan fingerprint density at radius 1 is 1.33 bits per heavy atom. The molecule has 0 fully saturated rings. The van der Waals surface area contributed by atoms with Crippen LogP contribution in [0.15, 0.2) is 40.8 Å². The summed E-state index contributed by atoms with van der Waals surface area (Å²) < 4.78 is 9.46. The number of halogens is 1. The molecule has 9 heteroatoms. The van der Waals surface area contributed by atoms with E-state index in [9.17, 15) is 19.7 Å². The zero-order valence-corrected chi connectivity index (χ0v) is 13.3. The Kier molecular flexibility index (Phi) is 5.54. The fourth-order valence-electron chi connectivity index (χ4n) is 2.02. The molecule has 0 spiro atoms. The summed E-state index contributed by atoms with van der Waals surface area (Å²) in [4.78, 5) is 33.7. The van der Waals surface area contributed by atoms with E-state index in [4.69, 9.17) is 16.0 Å². The molecule has 1 aromatic heterocycles. The van der Waals surface area contributed by atoms with Crippen LogP contribution in [0.25, 0.3) is 0 Å².